The molecule has 0 spiro atoms. The number of aromatic nitrogens is 3. The number of hydrogen-bond acceptors (Lipinski definition) is 3. The van der Waals surface area contributed by atoms with E-state index in [1.165, 1.54) is 6.92 Å². The van der Waals surface area contributed by atoms with E-state index in [1.54, 1.807) is 0 Å². The van der Waals surface area contributed by atoms with Crippen molar-refractivity contribution in [3.05, 3.63) is 23.3 Å². The van der Waals surface area contributed by atoms with Crippen molar-refractivity contribution < 1.29 is 23.1 Å². The van der Waals surface area contributed by atoms with Crippen molar-refractivity contribution in [1.29, 1.82) is 0 Å². The molecule has 2 N–H and O–H groups in total. The van der Waals surface area contributed by atoms with E-state index in [0.717, 1.165) is 6.20 Å². The van der Waals surface area contributed by atoms with Gasteiger partial charge in [-0.05, 0) is 6.92 Å². The Labute approximate surface area is 92.3 Å². The molecule has 0 aliphatic heterocycles. The molecule has 2 aromatic heterocycles. The summed E-state index contributed by atoms with van der Waals surface area (Å²) in [5.74, 6) is -1.48. The molecule has 17 heavy (non-hydrogen) atoms. The molecule has 0 saturated carbocycles. The number of nitrogens with zero attached hydrogens (tertiary/aromatic N) is 2. The predicted octanol–water partition coefficient (Wildman–Crippen LogP) is 1.98. The fraction of sp³-hybridized carbons (Fsp3) is 0.222. The molecule has 0 aromatic carbocycles. The number of alkyl halides is 3. The zero-order chi connectivity index (χ0) is 12.8. The molecule has 0 amide bonds. The van der Waals surface area contributed by atoms with Crippen LogP contribution in [0.3, 0.4) is 0 Å². The fourth-order valence-electron chi connectivity index (χ4n) is 1.49. The molecule has 2 rings (SSSR count). The Bertz CT molecular complexity index is 603. The smallest absolute Gasteiger partial charge is 0.432 e. The maximum absolute atomic E-state index is 12.6. The van der Waals surface area contributed by atoms with Crippen molar-refractivity contribution in [3.63, 3.8) is 0 Å². The van der Waals surface area contributed by atoms with E-state index in [4.69, 9.17) is 5.11 Å². The first kappa shape index (κ1) is 11.4. The lowest BCUT2D eigenvalue weighted by Gasteiger charge is -2.04. The van der Waals surface area contributed by atoms with Crippen LogP contribution in [0.2, 0.25) is 0 Å². The highest BCUT2D eigenvalue weighted by Gasteiger charge is 2.39. The summed E-state index contributed by atoms with van der Waals surface area (Å²) >= 11 is 0. The third-order valence-electron chi connectivity index (χ3n) is 2.15. The highest BCUT2D eigenvalue weighted by atomic mass is 19.4. The second-order valence-corrected chi connectivity index (χ2v) is 3.36. The van der Waals surface area contributed by atoms with E-state index < -0.39 is 23.4 Å². The number of carbonyl (C=O) groups is 1. The number of carboxylic acids is 1. The topological polar surface area (TPSA) is 78.9 Å². The van der Waals surface area contributed by atoms with Crippen LogP contribution >= 0.6 is 0 Å². The molecular formula is C9H6F3N3O2. The molecule has 0 fully saturated rings. The Balaban J connectivity index is 2.86. The molecule has 5 nitrogen and oxygen atoms in total. The fourth-order valence-corrected chi connectivity index (χ4v) is 1.49. The molecular weight excluding hydrogens is 239 g/mol. The van der Waals surface area contributed by atoms with Gasteiger partial charge in [0, 0.05) is 0 Å². The number of aryl methyl sites for hydroxylation is 1. The highest BCUT2D eigenvalue weighted by molar-refractivity contribution is 6.02. The number of rotatable bonds is 1. The zero-order valence-corrected chi connectivity index (χ0v) is 8.46. The van der Waals surface area contributed by atoms with Crippen LogP contribution in [0, 0.1) is 6.92 Å². The summed E-state index contributed by atoms with van der Waals surface area (Å²) < 4.78 is 37.8. The lowest BCUT2D eigenvalue weighted by atomic mass is 10.2. The Hall–Kier alpha value is -2.12. The standard InChI is InChI=1S/C9H6F3N3O2/c1-3-13-2-4-6(14-3)5(8(16)17)7(15-4)9(10,11)12/h2,15H,1H3,(H,16,17). The van der Waals surface area contributed by atoms with Gasteiger partial charge in [-0.25, -0.2) is 14.8 Å². The van der Waals surface area contributed by atoms with E-state index in [2.05, 4.69) is 9.97 Å². The van der Waals surface area contributed by atoms with Crippen LogP contribution in [0.5, 0.6) is 0 Å². The first-order chi connectivity index (χ1) is 7.80. The molecule has 0 atom stereocenters. The maximum atomic E-state index is 12.6. The van der Waals surface area contributed by atoms with Crippen LogP contribution in [0.15, 0.2) is 6.20 Å². The number of hydrogen-bond donors (Lipinski definition) is 2. The summed E-state index contributed by atoms with van der Waals surface area (Å²) in [5, 5.41) is 8.83. The number of aromatic amines is 1. The monoisotopic (exact) mass is 245 g/mol. The van der Waals surface area contributed by atoms with Crippen LogP contribution in [0.4, 0.5) is 13.2 Å². The summed E-state index contributed by atoms with van der Waals surface area (Å²) in [6.45, 7) is 1.46. The summed E-state index contributed by atoms with van der Waals surface area (Å²) in [4.78, 5) is 20.3. The van der Waals surface area contributed by atoms with E-state index >= 15 is 0 Å². The lowest BCUT2D eigenvalue weighted by molar-refractivity contribution is -0.141. The third kappa shape index (κ3) is 1.81. The van der Waals surface area contributed by atoms with E-state index in [-0.39, 0.29) is 16.9 Å². The molecule has 2 heterocycles. The van der Waals surface area contributed by atoms with Crippen LogP contribution in [0.1, 0.15) is 21.9 Å². The Kier molecular flexibility index (Phi) is 2.30. The number of H-pyrrole nitrogens is 1. The Morgan fingerprint density at radius 2 is 2.12 bits per heavy atom. The molecule has 2 aromatic rings. The molecule has 0 bridgehead atoms. The van der Waals surface area contributed by atoms with Gasteiger partial charge in [0.2, 0.25) is 0 Å². The summed E-state index contributed by atoms with van der Waals surface area (Å²) in [6.07, 6.45) is -3.65. The molecule has 0 aliphatic rings. The normalized spacial score (nSPS) is 12.0. The first-order valence-corrected chi connectivity index (χ1v) is 4.46. The van der Waals surface area contributed by atoms with E-state index in [1.807, 2.05) is 4.98 Å². The molecule has 0 aliphatic carbocycles. The van der Waals surface area contributed by atoms with Gasteiger partial charge in [-0.3, -0.25) is 0 Å². The van der Waals surface area contributed by atoms with Gasteiger partial charge < -0.3 is 10.1 Å². The minimum atomic E-state index is -4.78. The van der Waals surface area contributed by atoms with Gasteiger partial charge in [0.15, 0.2) is 0 Å². The van der Waals surface area contributed by atoms with Crippen molar-refractivity contribution in [3.8, 4) is 0 Å². The average molecular weight is 245 g/mol. The maximum Gasteiger partial charge on any atom is 0.432 e. The van der Waals surface area contributed by atoms with Gasteiger partial charge in [-0.2, -0.15) is 13.2 Å². The Morgan fingerprint density at radius 1 is 1.47 bits per heavy atom. The van der Waals surface area contributed by atoms with Crippen LogP contribution < -0.4 is 0 Å². The SMILES string of the molecule is Cc1ncc2[nH]c(C(F)(F)F)c(C(=O)O)c2n1. The number of fused-ring (bicyclic) bond motifs is 1. The van der Waals surface area contributed by atoms with Gasteiger partial charge in [-0.15, -0.1) is 0 Å². The summed E-state index contributed by atoms with van der Waals surface area (Å²) in [7, 11) is 0. The summed E-state index contributed by atoms with van der Waals surface area (Å²) in [5.41, 5.74) is -2.49. The van der Waals surface area contributed by atoms with Crippen molar-refractivity contribution in [2.24, 2.45) is 0 Å². The largest absolute Gasteiger partial charge is 0.478 e. The van der Waals surface area contributed by atoms with Crippen LogP contribution in [0.25, 0.3) is 11.0 Å². The van der Waals surface area contributed by atoms with Crippen LogP contribution in [-0.2, 0) is 6.18 Å². The van der Waals surface area contributed by atoms with E-state index in [9.17, 15) is 18.0 Å². The molecule has 0 radical (unpaired) electrons. The number of nitrogens with one attached hydrogen (secondary N) is 1. The molecule has 0 saturated heterocycles. The van der Waals surface area contributed by atoms with Gasteiger partial charge in [0.05, 0.1) is 11.7 Å². The van der Waals surface area contributed by atoms with Gasteiger partial charge in [-0.1, -0.05) is 0 Å². The van der Waals surface area contributed by atoms with Crippen molar-refractivity contribution >= 4 is 17.0 Å². The number of aromatic carboxylic acids is 1. The highest BCUT2D eigenvalue weighted by Crippen LogP contribution is 2.34. The zero-order valence-electron chi connectivity index (χ0n) is 8.46. The van der Waals surface area contributed by atoms with Crippen LogP contribution in [-0.4, -0.2) is 26.0 Å². The second kappa shape index (κ2) is 3.44. The van der Waals surface area contributed by atoms with E-state index in [0.29, 0.717) is 0 Å². The molecule has 0 unspecified atom stereocenters. The average Bonchev–Trinajstić information content (AvgIpc) is 2.55. The minimum absolute atomic E-state index is 0.0553. The number of carboxylic acid groups (broad SMARTS) is 1. The number of halogens is 3. The molecule has 90 valence electrons. The second-order valence-electron chi connectivity index (χ2n) is 3.36. The Morgan fingerprint density at radius 3 is 2.65 bits per heavy atom. The van der Waals surface area contributed by atoms with Crippen molar-refractivity contribution in [1.82, 2.24) is 15.0 Å². The third-order valence-corrected chi connectivity index (χ3v) is 2.15. The minimum Gasteiger partial charge on any atom is -0.478 e. The predicted molar refractivity (Wildman–Crippen MR) is 50.6 cm³/mol. The lowest BCUT2D eigenvalue weighted by Crippen LogP contribution is -2.12. The van der Waals surface area contributed by atoms with Gasteiger partial charge in [0.1, 0.15) is 22.6 Å². The van der Waals surface area contributed by atoms with Crippen molar-refractivity contribution in [2.45, 2.75) is 13.1 Å². The quantitative estimate of drug-likeness (QED) is 0.805. The van der Waals surface area contributed by atoms with Gasteiger partial charge in [0.25, 0.3) is 0 Å². The van der Waals surface area contributed by atoms with Gasteiger partial charge >= 0.3 is 12.1 Å². The first-order valence-electron chi connectivity index (χ1n) is 4.46. The van der Waals surface area contributed by atoms with Crippen molar-refractivity contribution in [2.75, 3.05) is 0 Å². The molecule has 8 heteroatoms. The summed E-state index contributed by atoms with van der Waals surface area (Å²) in [6, 6.07) is 0.